The van der Waals surface area contributed by atoms with E-state index >= 15 is 0 Å². The maximum absolute atomic E-state index is 10.5. The van der Waals surface area contributed by atoms with Gasteiger partial charge in [-0.15, -0.1) is 0 Å². The van der Waals surface area contributed by atoms with Gasteiger partial charge < -0.3 is 4.79 Å². The van der Waals surface area contributed by atoms with Crippen molar-refractivity contribution in [2.75, 3.05) is 5.33 Å². The van der Waals surface area contributed by atoms with E-state index in [0.717, 1.165) is 18.2 Å². The lowest BCUT2D eigenvalue weighted by atomic mass is 10.1. The van der Waals surface area contributed by atoms with Crippen LogP contribution < -0.4 is 0 Å². The molecule has 0 aromatic carbocycles. The molecule has 0 amide bonds. The summed E-state index contributed by atoms with van der Waals surface area (Å²) in [4.78, 5) is 10.5. The van der Waals surface area contributed by atoms with Crippen molar-refractivity contribution >= 4 is 21.7 Å². The summed E-state index contributed by atoms with van der Waals surface area (Å²) in [6.07, 6.45) is 6.90. The average molecular weight is 221 g/mol. The van der Waals surface area contributed by atoms with Gasteiger partial charge in [0.15, 0.2) is 0 Å². The highest BCUT2D eigenvalue weighted by Crippen LogP contribution is 2.06. The summed E-state index contributed by atoms with van der Waals surface area (Å²) >= 11 is 3.39. The van der Waals surface area contributed by atoms with Crippen molar-refractivity contribution in [3.05, 3.63) is 0 Å². The molecule has 0 aliphatic heterocycles. The van der Waals surface area contributed by atoms with E-state index in [1.54, 1.807) is 6.92 Å². The van der Waals surface area contributed by atoms with Crippen LogP contribution in [0.5, 0.6) is 0 Å². The minimum Gasteiger partial charge on any atom is -0.300 e. The van der Waals surface area contributed by atoms with Crippen molar-refractivity contribution in [1.29, 1.82) is 0 Å². The van der Waals surface area contributed by atoms with Crippen LogP contribution in [0.15, 0.2) is 0 Å². The number of carbonyl (C=O) groups is 1. The Kier molecular flexibility index (Phi) is 8.36. The van der Waals surface area contributed by atoms with E-state index in [0.29, 0.717) is 5.78 Å². The van der Waals surface area contributed by atoms with Crippen LogP contribution in [0.4, 0.5) is 0 Å². The van der Waals surface area contributed by atoms with Crippen LogP contribution in [-0.4, -0.2) is 11.1 Å². The van der Waals surface area contributed by atoms with Gasteiger partial charge in [-0.3, -0.25) is 0 Å². The monoisotopic (exact) mass is 220 g/mol. The molecule has 11 heavy (non-hydrogen) atoms. The quantitative estimate of drug-likeness (QED) is 0.476. The molecular weight excluding hydrogens is 204 g/mol. The highest BCUT2D eigenvalue weighted by atomic mass is 79.9. The van der Waals surface area contributed by atoms with Gasteiger partial charge in [0.1, 0.15) is 5.78 Å². The van der Waals surface area contributed by atoms with E-state index in [2.05, 4.69) is 15.9 Å². The Morgan fingerprint density at radius 2 is 1.64 bits per heavy atom. The maximum Gasteiger partial charge on any atom is 0.129 e. The Bertz CT molecular complexity index is 102. The first-order valence-corrected chi connectivity index (χ1v) is 5.45. The fourth-order valence-electron chi connectivity index (χ4n) is 0.999. The topological polar surface area (TPSA) is 17.1 Å². The third-order valence-electron chi connectivity index (χ3n) is 1.66. The molecule has 0 aromatic rings. The predicted octanol–water partition coefficient (Wildman–Crippen LogP) is 3.31. The SMILES string of the molecule is CC(=O)CCCCCCCBr. The van der Waals surface area contributed by atoms with Crippen molar-refractivity contribution in [2.24, 2.45) is 0 Å². The lowest BCUT2D eigenvalue weighted by molar-refractivity contribution is -0.117. The minimum absolute atomic E-state index is 0.325. The van der Waals surface area contributed by atoms with Crippen LogP contribution in [-0.2, 0) is 4.79 Å². The van der Waals surface area contributed by atoms with Crippen LogP contribution in [0.1, 0.15) is 45.4 Å². The molecule has 0 saturated carbocycles. The number of alkyl halides is 1. The molecule has 0 fully saturated rings. The molecule has 0 radical (unpaired) electrons. The largest absolute Gasteiger partial charge is 0.300 e. The second-order valence-electron chi connectivity index (χ2n) is 2.91. The van der Waals surface area contributed by atoms with Crippen molar-refractivity contribution in [1.82, 2.24) is 0 Å². The Hall–Kier alpha value is 0.150. The maximum atomic E-state index is 10.5. The Morgan fingerprint density at radius 1 is 1.09 bits per heavy atom. The molecule has 0 bridgehead atoms. The number of carbonyl (C=O) groups excluding carboxylic acids is 1. The van der Waals surface area contributed by atoms with Crippen molar-refractivity contribution in [3.63, 3.8) is 0 Å². The smallest absolute Gasteiger partial charge is 0.129 e. The number of hydrogen-bond donors (Lipinski definition) is 0. The summed E-state index contributed by atoms with van der Waals surface area (Å²) in [6, 6.07) is 0. The summed E-state index contributed by atoms with van der Waals surface area (Å²) < 4.78 is 0. The standard InChI is InChI=1S/C9H17BrO/c1-9(11)7-5-3-2-4-6-8-10/h2-8H2,1H3. The number of Topliss-reactive ketones (excluding diaryl/α,β-unsaturated/α-hetero) is 1. The van der Waals surface area contributed by atoms with Crippen molar-refractivity contribution < 1.29 is 4.79 Å². The molecule has 2 heteroatoms. The first kappa shape index (κ1) is 11.2. The first-order chi connectivity index (χ1) is 5.27. The molecule has 0 aromatic heterocycles. The van der Waals surface area contributed by atoms with Gasteiger partial charge in [0.2, 0.25) is 0 Å². The summed E-state index contributed by atoms with van der Waals surface area (Å²) in [6.45, 7) is 1.67. The Labute approximate surface area is 77.7 Å². The Balaban J connectivity index is 2.85. The highest BCUT2D eigenvalue weighted by molar-refractivity contribution is 9.09. The summed E-state index contributed by atoms with van der Waals surface area (Å²) in [5.74, 6) is 0.325. The van der Waals surface area contributed by atoms with Crippen molar-refractivity contribution in [2.45, 2.75) is 45.4 Å². The number of hydrogen-bond acceptors (Lipinski definition) is 1. The van der Waals surface area contributed by atoms with E-state index in [1.807, 2.05) is 0 Å². The normalized spacial score (nSPS) is 10.0. The fourth-order valence-corrected chi connectivity index (χ4v) is 1.40. The van der Waals surface area contributed by atoms with Crippen molar-refractivity contribution in [3.8, 4) is 0 Å². The first-order valence-electron chi connectivity index (χ1n) is 4.32. The third kappa shape index (κ3) is 10.2. The number of ketones is 1. The van der Waals surface area contributed by atoms with Gasteiger partial charge >= 0.3 is 0 Å². The highest BCUT2D eigenvalue weighted by Gasteiger charge is 1.93. The predicted molar refractivity (Wildman–Crippen MR) is 52.2 cm³/mol. The van der Waals surface area contributed by atoms with Gasteiger partial charge in [-0.2, -0.15) is 0 Å². The molecule has 0 atom stereocenters. The molecule has 1 nitrogen and oxygen atoms in total. The van der Waals surface area contributed by atoms with Crippen LogP contribution in [0.3, 0.4) is 0 Å². The molecule has 0 saturated heterocycles. The lowest BCUT2D eigenvalue weighted by Crippen LogP contribution is -1.89. The van der Waals surface area contributed by atoms with E-state index < -0.39 is 0 Å². The van der Waals surface area contributed by atoms with Crippen LogP contribution in [0.2, 0.25) is 0 Å². The fraction of sp³-hybridized carbons (Fsp3) is 0.889. The molecule has 0 spiro atoms. The van der Waals surface area contributed by atoms with Crippen LogP contribution in [0, 0.1) is 0 Å². The van der Waals surface area contributed by atoms with Gasteiger partial charge in [0.25, 0.3) is 0 Å². The molecule has 0 N–H and O–H groups in total. The molecule has 0 rings (SSSR count). The third-order valence-corrected chi connectivity index (χ3v) is 2.22. The number of unbranched alkanes of at least 4 members (excludes halogenated alkanes) is 4. The van der Waals surface area contributed by atoms with E-state index in [4.69, 9.17) is 0 Å². The molecule has 0 aliphatic rings. The molecule has 66 valence electrons. The molecule has 0 heterocycles. The summed E-state index contributed by atoms with van der Waals surface area (Å²) in [5, 5.41) is 1.11. The van der Waals surface area contributed by atoms with E-state index in [-0.39, 0.29) is 0 Å². The van der Waals surface area contributed by atoms with Gasteiger partial charge in [0.05, 0.1) is 0 Å². The summed E-state index contributed by atoms with van der Waals surface area (Å²) in [5.41, 5.74) is 0. The zero-order valence-electron chi connectivity index (χ0n) is 7.24. The lowest BCUT2D eigenvalue weighted by Gasteiger charge is -1.97. The van der Waals surface area contributed by atoms with Crippen LogP contribution in [0.25, 0.3) is 0 Å². The van der Waals surface area contributed by atoms with Gasteiger partial charge in [-0.25, -0.2) is 0 Å². The van der Waals surface area contributed by atoms with Gasteiger partial charge in [0, 0.05) is 11.8 Å². The zero-order valence-corrected chi connectivity index (χ0v) is 8.82. The zero-order chi connectivity index (χ0) is 8.53. The van der Waals surface area contributed by atoms with Crippen LogP contribution >= 0.6 is 15.9 Å². The van der Waals surface area contributed by atoms with E-state index in [9.17, 15) is 4.79 Å². The molecule has 0 unspecified atom stereocenters. The molecular formula is C9H17BrO. The number of rotatable bonds is 7. The average Bonchev–Trinajstić information content (AvgIpc) is 1.96. The second kappa shape index (κ2) is 8.25. The van der Waals surface area contributed by atoms with E-state index in [1.165, 1.54) is 25.7 Å². The minimum atomic E-state index is 0.325. The van der Waals surface area contributed by atoms with Gasteiger partial charge in [-0.05, 0) is 19.8 Å². The second-order valence-corrected chi connectivity index (χ2v) is 3.70. The Morgan fingerprint density at radius 3 is 2.18 bits per heavy atom. The summed E-state index contributed by atoms with van der Waals surface area (Å²) in [7, 11) is 0. The molecule has 0 aliphatic carbocycles. The van der Waals surface area contributed by atoms with Gasteiger partial charge in [-0.1, -0.05) is 35.2 Å². The number of halogens is 1.